The van der Waals surface area contributed by atoms with Crippen LogP contribution in [-0.4, -0.2) is 59.6 Å². The maximum Gasteiger partial charge on any atom is 0.234 e. The maximum absolute atomic E-state index is 11.9. The van der Waals surface area contributed by atoms with Crippen LogP contribution in [0.5, 0.6) is 5.75 Å². The van der Waals surface area contributed by atoms with Crippen LogP contribution in [0.3, 0.4) is 0 Å². The molecule has 4 rings (SSSR count). The molecule has 5 heteroatoms. The van der Waals surface area contributed by atoms with Gasteiger partial charge in [-0.05, 0) is 29.7 Å². The van der Waals surface area contributed by atoms with Crippen LogP contribution in [0, 0.1) is 0 Å². The fraction of sp³-hybridized carbons (Fsp3) is 0.450. The Morgan fingerprint density at radius 1 is 1.04 bits per heavy atom. The normalized spacial score (nSPS) is 19.2. The third-order valence-corrected chi connectivity index (χ3v) is 5.17. The van der Waals surface area contributed by atoms with Gasteiger partial charge in [0.1, 0.15) is 5.75 Å². The van der Waals surface area contributed by atoms with Crippen LogP contribution in [0.15, 0.2) is 36.4 Å². The molecule has 2 aromatic rings. The van der Waals surface area contributed by atoms with E-state index < -0.39 is 0 Å². The molecule has 1 aliphatic heterocycles. The summed E-state index contributed by atoms with van der Waals surface area (Å²) < 4.78 is 0. The number of amides is 1. The number of benzene rings is 2. The van der Waals surface area contributed by atoms with Gasteiger partial charge in [-0.1, -0.05) is 30.3 Å². The number of fused-ring (bicyclic) bond motifs is 1. The van der Waals surface area contributed by atoms with Crippen LogP contribution in [0.25, 0.3) is 10.8 Å². The Morgan fingerprint density at radius 2 is 1.76 bits per heavy atom. The first-order chi connectivity index (χ1) is 12.2. The number of piperazine rings is 1. The van der Waals surface area contributed by atoms with Crippen LogP contribution in [0.1, 0.15) is 18.4 Å². The molecule has 0 bridgehead atoms. The second-order valence-electron chi connectivity index (χ2n) is 7.18. The molecular formula is C20H25N3O2. The number of rotatable bonds is 5. The maximum atomic E-state index is 11.9. The smallest absolute Gasteiger partial charge is 0.234 e. The van der Waals surface area contributed by atoms with Gasteiger partial charge in [-0.25, -0.2) is 0 Å². The molecule has 0 unspecified atom stereocenters. The summed E-state index contributed by atoms with van der Waals surface area (Å²) in [6.07, 6.45) is 2.27. The van der Waals surface area contributed by atoms with Crippen molar-refractivity contribution in [3.05, 3.63) is 42.0 Å². The fourth-order valence-corrected chi connectivity index (χ4v) is 3.52. The lowest BCUT2D eigenvalue weighted by Gasteiger charge is -2.34. The first-order valence-electron chi connectivity index (χ1n) is 9.13. The Labute approximate surface area is 148 Å². The molecule has 1 aliphatic carbocycles. The van der Waals surface area contributed by atoms with Crippen molar-refractivity contribution in [1.29, 1.82) is 0 Å². The Balaban J connectivity index is 1.35. The summed E-state index contributed by atoms with van der Waals surface area (Å²) in [6, 6.07) is 12.4. The average molecular weight is 339 g/mol. The SMILES string of the molecule is O=C(CN1CCN(Cc2c(O)ccc3ccccc23)CC1)NC1CC1. The van der Waals surface area contributed by atoms with Crippen molar-refractivity contribution in [2.24, 2.45) is 0 Å². The van der Waals surface area contributed by atoms with E-state index in [9.17, 15) is 9.90 Å². The van der Waals surface area contributed by atoms with Crippen LogP contribution >= 0.6 is 0 Å². The predicted octanol–water partition coefficient (Wildman–Crippen LogP) is 1.94. The minimum absolute atomic E-state index is 0.155. The molecule has 1 saturated carbocycles. The quantitative estimate of drug-likeness (QED) is 0.874. The summed E-state index contributed by atoms with van der Waals surface area (Å²) in [5, 5.41) is 15.6. The zero-order valence-corrected chi connectivity index (χ0v) is 14.4. The van der Waals surface area contributed by atoms with Gasteiger partial charge in [-0.3, -0.25) is 14.6 Å². The highest BCUT2D eigenvalue weighted by Gasteiger charge is 2.25. The highest BCUT2D eigenvalue weighted by atomic mass is 16.3. The molecule has 132 valence electrons. The second kappa shape index (κ2) is 7.02. The van der Waals surface area contributed by atoms with Crippen molar-refractivity contribution in [2.45, 2.75) is 25.4 Å². The van der Waals surface area contributed by atoms with E-state index in [4.69, 9.17) is 0 Å². The zero-order valence-electron chi connectivity index (χ0n) is 14.4. The fourth-order valence-electron chi connectivity index (χ4n) is 3.52. The lowest BCUT2D eigenvalue weighted by molar-refractivity contribution is -0.122. The van der Waals surface area contributed by atoms with E-state index in [2.05, 4.69) is 27.2 Å². The number of aromatic hydroxyl groups is 1. The second-order valence-corrected chi connectivity index (χ2v) is 7.18. The monoisotopic (exact) mass is 339 g/mol. The third-order valence-electron chi connectivity index (χ3n) is 5.17. The Bertz CT molecular complexity index is 765. The number of nitrogens with zero attached hydrogens (tertiary/aromatic N) is 2. The van der Waals surface area contributed by atoms with E-state index in [1.807, 2.05) is 18.2 Å². The Kier molecular flexibility index (Phi) is 4.59. The van der Waals surface area contributed by atoms with Crippen LogP contribution < -0.4 is 5.32 Å². The highest BCUT2D eigenvalue weighted by Crippen LogP contribution is 2.28. The van der Waals surface area contributed by atoms with E-state index >= 15 is 0 Å². The number of phenols is 1. The molecule has 2 aliphatic rings. The number of nitrogens with one attached hydrogen (secondary N) is 1. The molecule has 2 fully saturated rings. The molecule has 0 aromatic heterocycles. The molecular weight excluding hydrogens is 314 g/mol. The summed E-state index contributed by atoms with van der Waals surface area (Å²) in [5.74, 6) is 0.521. The number of hydrogen-bond donors (Lipinski definition) is 2. The third kappa shape index (κ3) is 3.94. The first-order valence-corrected chi connectivity index (χ1v) is 9.13. The first kappa shape index (κ1) is 16.4. The molecule has 0 atom stereocenters. The van der Waals surface area contributed by atoms with Crippen LogP contribution in [0.4, 0.5) is 0 Å². The molecule has 5 nitrogen and oxygen atoms in total. The van der Waals surface area contributed by atoms with Gasteiger partial charge in [-0.2, -0.15) is 0 Å². The van der Waals surface area contributed by atoms with Crippen LogP contribution in [0.2, 0.25) is 0 Å². The van der Waals surface area contributed by atoms with Crippen molar-refractivity contribution in [3.63, 3.8) is 0 Å². The summed E-state index contributed by atoms with van der Waals surface area (Å²) in [6.45, 7) is 4.87. The van der Waals surface area contributed by atoms with Crippen molar-refractivity contribution in [2.75, 3.05) is 32.7 Å². The minimum Gasteiger partial charge on any atom is -0.508 e. The van der Waals surface area contributed by atoms with E-state index in [0.717, 1.165) is 61.9 Å². The number of phenolic OH excluding ortho intramolecular Hbond substituents is 1. The van der Waals surface area contributed by atoms with Crippen molar-refractivity contribution >= 4 is 16.7 Å². The van der Waals surface area contributed by atoms with Gasteiger partial charge in [0.15, 0.2) is 0 Å². The predicted molar refractivity (Wildman–Crippen MR) is 98.5 cm³/mol. The average Bonchev–Trinajstić information content (AvgIpc) is 3.43. The van der Waals surface area contributed by atoms with Gasteiger partial charge in [0.25, 0.3) is 0 Å². The van der Waals surface area contributed by atoms with Crippen LogP contribution in [-0.2, 0) is 11.3 Å². The summed E-state index contributed by atoms with van der Waals surface area (Å²) in [5.41, 5.74) is 0.998. The van der Waals surface area contributed by atoms with Gasteiger partial charge >= 0.3 is 0 Å². The molecule has 2 aromatic carbocycles. The minimum atomic E-state index is 0.155. The molecule has 25 heavy (non-hydrogen) atoms. The van der Waals surface area contributed by atoms with Gasteiger partial charge in [0.2, 0.25) is 5.91 Å². The summed E-state index contributed by atoms with van der Waals surface area (Å²) >= 11 is 0. The molecule has 0 radical (unpaired) electrons. The van der Waals surface area contributed by atoms with E-state index in [0.29, 0.717) is 18.3 Å². The highest BCUT2D eigenvalue weighted by molar-refractivity contribution is 5.87. The lowest BCUT2D eigenvalue weighted by atomic mass is 10.0. The summed E-state index contributed by atoms with van der Waals surface area (Å²) in [4.78, 5) is 16.5. The topological polar surface area (TPSA) is 55.8 Å². The molecule has 2 N–H and O–H groups in total. The standard InChI is InChI=1S/C20H25N3O2/c24-19-8-5-15-3-1-2-4-17(15)18(19)13-22-9-11-23(12-10-22)14-20(25)21-16-6-7-16/h1-5,8,16,24H,6-7,9-14H2,(H,21,25). The van der Waals surface area contributed by atoms with Crippen molar-refractivity contribution in [3.8, 4) is 5.75 Å². The van der Waals surface area contributed by atoms with E-state index in [1.54, 1.807) is 6.07 Å². The number of carbonyl (C=O) groups excluding carboxylic acids is 1. The van der Waals surface area contributed by atoms with Gasteiger partial charge in [0, 0.05) is 44.3 Å². The Morgan fingerprint density at radius 3 is 2.52 bits per heavy atom. The van der Waals surface area contributed by atoms with Crippen molar-refractivity contribution < 1.29 is 9.90 Å². The zero-order chi connectivity index (χ0) is 17.2. The van der Waals surface area contributed by atoms with E-state index in [1.165, 1.54) is 0 Å². The molecule has 1 heterocycles. The van der Waals surface area contributed by atoms with Gasteiger partial charge in [-0.15, -0.1) is 0 Å². The van der Waals surface area contributed by atoms with Gasteiger partial charge < -0.3 is 10.4 Å². The molecule has 1 amide bonds. The number of carbonyl (C=O) groups is 1. The lowest BCUT2D eigenvalue weighted by Crippen LogP contribution is -2.49. The number of hydrogen-bond acceptors (Lipinski definition) is 4. The molecule has 1 saturated heterocycles. The van der Waals surface area contributed by atoms with Gasteiger partial charge in [0.05, 0.1) is 6.54 Å². The Hall–Kier alpha value is -2.11. The van der Waals surface area contributed by atoms with E-state index in [-0.39, 0.29) is 5.91 Å². The largest absolute Gasteiger partial charge is 0.508 e. The van der Waals surface area contributed by atoms with Crippen molar-refractivity contribution in [1.82, 2.24) is 15.1 Å². The molecule has 0 spiro atoms. The summed E-state index contributed by atoms with van der Waals surface area (Å²) in [7, 11) is 0.